The molecule has 39 heavy (non-hydrogen) atoms. The van der Waals surface area contributed by atoms with Gasteiger partial charge in [0.1, 0.15) is 5.82 Å². The third-order valence-electron chi connectivity index (χ3n) is 6.45. The fourth-order valence-corrected chi connectivity index (χ4v) is 4.54. The van der Waals surface area contributed by atoms with E-state index in [1.807, 2.05) is 4.90 Å². The zero-order valence-corrected chi connectivity index (χ0v) is 21.8. The number of amides is 1. The number of methoxy groups -OCH3 is 3. The van der Waals surface area contributed by atoms with E-state index < -0.39 is 17.7 Å². The number of rotatable bonds is 9. The van der Waals surface area contributed by atoms with Gasteiger partial charge in [-0.1, -0.05) is 18.2 Å². The van der Waals surface area contributed by atoms with Gasteiger partial charge in [-0.15, -0.1) is 0 Å². The number of hydrogen-bond acceptors (Lipinski definition) is 8. The van der Waals surface area contributed by atoms with Gasteiger partial charge in [0, 0.05) is 43.7 Å². The summed E-state index contributed by atoms with van der Waals surface area (Å²) in [4.78, 5) is 23.8. The van der Waals surface area contributed by atoms with Crippen LogP contribution in [0.5, 0.6) is 17.2 Å². The lowest BCUT2D eigenvalue weighted by Crippen LogP contribution is -2.43. The monoisotopic (exact) mass is 545 g/mol. The molecule has 1 saturated heterocycles. The Labute approximate surface area is 224 Å². The van der Waals surface area contributed by atoms with Gasteiger partial charge in [0.05, 0.1) is 32.8 Å². The molecule has 0 aliphatic carbocycles. The predicted molar refractivity (Wildman–Crippen MR) is 140 cm³/mol. The average molecular weight is 546 g/mol. The Morgan fingerprint density at radius 3 is 2.46 bits per heavy atom. The van der Waals surface area contributed by atoms with Gasteiger partial charge in [0.2, 0.25) is 17.6 Å². The molecule has 1 atom stereocenters. The highest BCUT2D eigenvalue weighted by Gasteiger charge is 2.33. The van der Waals surface area contributed by atoms with Gasteiger partial charge >= 0.3 is 6.18 Å². The van der Waals surface area contributed by atoms with Crippen LogP contribution in [0.4, 0.5) is 30.6 Å². The van der Waals surface area contributed by atoms with Gasteiger partial charge in [-0.05, 0) is 30.5 Å². The third kappa shape index (κ3) is 6.62. The molecule has 0 saturated carbocycles. The highest BCUT2D eigenvalue weighted by molar-refractivity contribution is 5.79. The number of benzene rings is 2. The molecule has 1 fully saturated rings. The van der Waals surface area contributed by atoms with Crippen molar-refractivity contribution in [2.75, 3.05) is 44.6 Å². The summed E-state index contributed by atoms with van der Waals surface area (Å²) in [6.45, 7) is 0.871. The van der Waals surface area contributed by atoms with Gasteiger partial charge in [-0.25, -0.2) is 4.98 Å². The summed E-state index contributed by atoms with van der Waals surface area (Å²) in [5.41, 5.74) is -0.0929. The van der Waals surface area contributed by atoms with Crippen molar-refractivity contribution < 1.29 is 32.2 Å². The first-order chi connectivity index (χ1) is 18.7. The molecule has 0 bridgehead atoms. The van der Waals surface area contributed by atoms with Crippen molar-refractivity contribution in [1.82, 2.24) is 15.3 Å². The van der Waals surface area contributed by atoms with Crippen molar-refractivity contribution in [3.05, 3.63) is 59.8 Å². The summed E-state index contributed by atoms with van der Waals surface area (Å²) in [7, 11) is 4.57. The maximum Gasteiger partial charge on any atom is 0.416 e. The number of hydrogen-bond donors (Lipinski definition) is 2. The summed E-state index contributed by atoms with van der Waals surface area (Å²) in [6, 6.07) is 10.5. The minimum atomic E-state index is -4.48. The van der Waals surface area contributed by atoms with E-state index in [9.17, 15) is 18.0 Å². The topological polar surface area (TPSA) is 97.8 Å². The number of nitrogens with zero attached hydrogens (tertiary/aromatic N) is 3. The molecule has 1 aliphatic heterocycles. The SMILES string of the molecule is COc1cc(Nc2nccc(N3CCCC(C(=O)NCc4ccccc4C(F)(F)F)C3)n2)cc(OC)c1OC. The molecule has 2 heterocycles. The maximum absolute atomic E-state index is 13.3. The first-order valence-corrected chi connectivity index (χ1v) is 12.3. The number of piperidine rings is 1. The molecule has 4 rings (SSSR count). The van der Waals surface area contributed by atoms with Gasteiger partial charge in [0.15, 0.2) is 11.5 Å². The summed E-state index contributed by atoms with van der Waals surface area (Å²) in [6.07, 6.45) is -1.51. The van der Waals surface area contributed by atoms with E-state index in [0.29, 0.717) is 54.2 Å². The number of carbonyl (C=O) groups excluding carboxylic acids is 1. The minimum absolute atomic E-state index is 0.0318. The second-order valence-electron chi connectivity index (χ2n) is 8.94. The Hall–Kier alpha value is -4.22. The van der Waals surface area contributed by atoms with Gasteiger partial charge in [-0.3, -0.25) is 4.79 Å². The molecular formula is C27H30F3N5O4. The van der Waals surface area contributed by atoms with Crippen molar-refractivity contribution in [2.45, 2.75) is 25.6 Å². The quantitative estimate of drug-likeness (QED) is 0.396. The third-order valence-corrected chi connectivity index (χ3v) is 6.45. The van der Waals surface area contributed by atoms with Crippen LogP contribution in [0.3, 0.4) is 0 Å². The highest BCUT2D eigenvalue weighted by Crippen LogP contribution is 2.40. The number of ether oxygens (including phenoxy) is 3. The van der Waals surface area contributed by atoms with E-state index in [1.54, 1.807) is 24.4 Å². The molecule has 1 aromatic heterocycles. The smallest absolute Gasteiger partial charge is 0.416 e. The normalized spacial score (nSPS) is 15.4. The number of anilines is 3. The van der Waals surface area contributed by atoms with Crippen LogP contribution in [0.25, 0.3) is 0 Å². The Balaban J connectivity index is 1.43. The molecule has 1 amide bonds. The molecule has 2 N–H and O–H groups in total. The van der Waals surface area contributed by atoms with Crippen LogP contribution in [-0.4, -0.2) is 50.3 Å². The lowest BCUT2D eigenvalue weighted by Gasteiger charge is -2.33. The standard InChI is InChI=1S/C27H30F3N5O4/c1-37-21-13-19(14-22(38-2)24(21)39-3)33-26-31-11-10-23(34-26)35-12-6-8-18(16-35)25(36)32-15-17-7-4-5-9-20(17)27(28,29)30/h4-5,7,9-11,13-14,18H,6,8,12,15-16H2,1-3H3,(H,32,36)(H,31,33,34). The molecule has 208 valence electrons. The van der Waals surface area contributed by atoms with E-state index in [2.05, 4.69) is 20.6 Å². The Kier molecular flexibility index (Phi) is 8.62. The molecule has 9 nitrogen and oxygen atoms in total. The maximum atomic E-state index is 13.3. The molecule has 2 aromatic carbocycles. The second-order valence-corrected chi connectivity index (χ2v) is 8.94. The largest absolute Gasteiger partial charge is 0.493 e. The molecular weight excluding hydrogens is 515 g/mol. The summed E-state index contributed by atoms with van der Waals surface area (Å²) >= 11 is 0. The van der Waals surface area contributed by atoms with Gasteiger partial charge < -0.3 is 29.7 Å². The summed E-state index contributed by atoms with van der Waals surface area (Å²) in [5.74, 6) is 1.67. The highest BCUT2D eigenvalue weighted by atomic mass is 19.4. The Bertz CT molecular complexity index is 1280. The van der Waals surface area contributed by atoms with Crippen molar-refractivity contribution in [2.24, 2.45) is 5.92 Å². The molecule has 3 aromatic rings. The molecule has 0 spiro atoms. The molecule has 1 aliphatic rings. The first-order valence-electron chi connectivity index (χ1n) is 12.3. The van der Waals surface area contributed by atoms with Gasteiger partial charge in [-0.2, -0.15) is 18.2 Å². The van der Waals surface area contributed by atoms with E-state index in [-0.39, 0.29) is 18.0 Å². The Morgan fingerprint density at radius 1 is 1.08 bits per heavy atom. The van der Waals surface area contributed by atoms with Gasteiger partial charge in [0.25, 0.3) is 0 Å². The summed E-state index contributed by atoms with van der Waals surface area (Å²) < 4.78 is 56.0. The number of nitrogens with one attached hydrogen (secondary N) is 2. The van der Waals surface area contributed by atoms with Crippen LogP contribution in [0.2, 0.25) is 0 Å². The molecule has 1 unspecified atom stereocenters. The first kappa shape index (κ1) is 27.8. The lowest BCUT2D eigenvalue weighted by molar-refractivity contribution is -0.138. The fraction of sp³-hybridized carbons (Fsp3) is 0.370. The van der Waals surface area contributed by atoms with Crippen molar-refractivity contribution in [3.8, 4) is 17.2 Å². The van der Waals surface area contributed by atoms with E-state index >= 15 is 0 Å². The van der Waals surface area contributed by atoms with E-state index in [0.717, 1.165) is 12.5 Å². The molecule has 0 radical (unpaired) electrons. The van der Waals surface area contributed by atoms with E-state index in [4.69, 9.17) is 14.2 Å². The number of halogens is 3. The van der Waals surface area contributed by atoms with Crippen LogP contribution < -0.4 is 29.7 Å². The lowest BCUT2D eigenvalue weighted by atomic mass is 9.97. The van der Waals surface area contributed by atoms with Crippen LogP contribution in [0.15, 0.2) is 48.7 Å². The van der Waals surface area contributed by atoms with Crippen LogP contribution in [0, 0.1) is 5.92 Å². The van der Waals surface area contributed by atoms with Crippen LogP contribution in [0.1, 0.15) is 24.0 Å². The predicted octanol–water partition coefficient (Wildman–Crippen LogP) is 4.80. The second kappa shape index (κ2) is 12.1. The van der Waals surface area contributed by atoms with Crippen molar-refractivity contribution >= 4 is 23.4 Å². The van der Waals surface area contributed by atoms with Crippen molar-refractivity contribution in [1.29, 1.82) is 0 Å². The number of alkyl halides is 3. The number of carbonyl (C=O) groups is 1. The van der Waals surface area contributed by atoms with Crippen LogP contribution >= 0.6 is 0 Å². The summed E-state index contributed by atoms with van der Waals surface area (Å²) in [5, 5.41) is 5.82. The minimum Gasteiger partial charge on any atom is -0.493 e. The molecule has 12 heteroatoms. The fourth-order valence-electron chi connectivity index (χ4n) is 4.54. The number of aromatic nitrogens is 2. The average Bonchev–Trinajstić information content (AvgIpc) is 2.95. The van der Waals surface area contributed by atoms with Crippen molar-refractivity contribution in [3.63, 3.8) is 0 Å². The van der Waals surface area contributed by atoms with E-state index in [1.165, 1.54) is 39.5 Å². The van der Waals surface area contributed by atoms with Crippen LogP contribution in [-0.2, 0) is 17.5 Å². The zero-order chi connectivity index (χ0) is 28.0. The zero-order valence-electron chi connectivity index (χ0n) is 21.8. The Morgan fingerprint density at radius 2 is 1.79 bits per heavy atom.